The van der Waals surface area contributed by atoms with E-state index in [1.807, 2.05) is 13.8 Å². The Labute approximate surface area is 76.7 Å². The molecule has 0 aromatic rings. The maximum Gasteiger partial charge on any atom is 0.317 e. The van der Waals surface area contributed by atoms with Crippen molar-refractivity contribution in [3.05, 3.63) is 0 Å². The van der Waals surface area contributed by atoms with Crippen LogP contribution in [0.25, 0.3) is 0 Å². The molecule has 0 bridgehead atoms. The van der Waals surface area contributed by atoms with Crippen LogP contribution in [0.5, 0.6) is 0 Å². The lowest BCUT2D eigenvalue weighted by atomic mass is 10.0. The lowest BCUT2D eigenvalue weighted by Crippen LogP contribution is -2.57. The first kappa shape index (κ1) is 9.83. The molecule has 74 valence electrons. The summed E-state index contributed by atoms with van der Waals surface area (Å²) in [6.07, 6.45) is 0. The highest BCUT2D eigenvalue weighted by Gasteiger charge is 2.35. The van der Waals surface area contributed by atoms with Gasteiger partial charge in [-0.25, -0.2) is 4.79 Å². The van der Waals surface area contributed by atoms with Gasteiger partial charge in [0.15, 0.2) is 0 Å². The summed E-state index contributed by atoms with van der Waals surface area (Å²) >= 11 is 0. The second-order valence-corrected chi connectivity index (χ2v) is 3.54. The number of rotatable bonds is 2. The summed E-state index contributed by atoms with van der Waals surface area (Å²) < 4.78 is 0. The summed E-state index contributed by atoms with van der Waals surface area (Å²) in [4.78, 5) is 23.1. The van der Waals surface area contributed by atoms with E-state index in [1.165, 1.54) is 4.90 Å². The molecule has 0 aromatic carbocycles. The lowest BCUT2D eigenvalue weighted by Gasteiger charge is -2.36. The first-order chi connectivity index (χ1) is 6.00. The van der Waals surface area contributed by atoms with Gasteiger partial charge in [-0.15, -0.1) is 0 Å². The standard InChI is InChI=1S/C8H14N2O3/c1-5(2)9-8(13)10-3-6(4-10)7(11)12/h5-6H,3-4H2,1-2H3,(H,9,13)(H,11,12). The molecule has 5 nitrogen and oxygen atoms in total. The van der Waals surface area contributed by atoms with Crippen molar-refractivity contribution >= 4 is 12.0 Å². The van der Waals surface area contributed by atoms with Gasteiger partial charge < -0.3 is 15.3 Å². The summed E-state index contributed by atoms with van der Waals surface area (Å²) in [6.45, 7) is 4.39. The molecule has 0 spiro atoms. The molecule has 13 heavy (non-hydrogen) atoms. The Kier molecular flexibility index (Phi) is 2.75. The minimum atomic E-state index is -0.825. The third-order valence-corrected chi connectivity index (χ3v) is 1.93. The Balaban J connectivity index is 2.27. The van der Waals surface area contributed by atoms with Crippen molar-refractivity contribution in [2.45, 2.75) is 19.9 Å². The number of nitrogens with zero attached hydrogens (tertiary/aromatic N) is 1. The SMILES string of the molecule is CC(C)NC(=O)N1CC(C(=O)O)C1. The number of hydrogen-bond donors (Lipinski definition) is 2. The predicted molar refractivity (Wildman–Crippen MR) is 46.4 cm³/mol. The van der Waals surface area contributed by atoms with Gasteiger partial charge in [0, 0.05) is 19.1 Å². The van der Waals surface area contributed by atoms with E-state index in [0.717, 1.165) is 0 Å². The minimum Gasteiger partial charge on any atom is -0.481 e. The van der Waals surface area contributed by atoms with Crippen LogP contribution in [-0.2, 0) is 4.79 Å². The normalized spacial score (nSPS) is 17.0. The Morgan fingerprint density at radius 3 is 2.38 bits per heavy atom. The Morgan fingerprint density at radius 2 is 2.00 bits per heavy atom. The number of urea groups is 1. The number of carbonyl (C=O) groups excluding carboxylic acids is 1. The fourth-order valence-corrected chi connectivity index (χ4v) is 1.14. The van der Waals surface area contributed by atoms with E-state index < -0.39 is 5.97 Å². The predicted octanol–water partition coefficient (Wildman–Crippen LogP) is 0.121. The topological polar surface area (TPSA) is 69.6 Å². The van der Waals surface area contributed by atoms with E-state index in [2.05, 4.69) is 5.32 Å². The second kappa shape index (κ2) is 3.64. The van der Waals surface area contributed by atoms with Crippen LogP contribution >= 0.6 is 0 Å². The number of carboxylic acids is 1. The first-order valence-electron chi connectivity index (χ1n) is 4.29. The van der Waals surface area contributed by atoms with E-state index in [-0.39, 0.29) is 18.0 Å². The monoisotopic (exact) mass is 186 g/mol. The number of nitrogens with one attached hydrogen (secondary N) is 1. The molecular formula is C8H14N2O3. The van der Waals surface area contributed by atoms with E-state index in [4.69, 9.17) is 5.11 Å². The fourth-order valence-electron chi connectivity index (χ4n) is 1.14. The number of carboxylic acid groups (broad SMARTS) is 1. The van der Waals surface area contributed by atoms with Crippen LogP contribution in [0, 0.1) is 5.92 Å². The van der Waals surface area contributed by atoms with Gasteiger partial charge in [-0.2, -0.15) is 0 Å². The van der Waals surface area contributed by atoms with E-state index in [9.17, 15) is 9.59 Å². The zero-order chi connectivity index (χ0) is 10.0. The number of aliphatic carboxylic acids is 1. The highest BCUT2D eigenvalue weighted by Crippen LogP contribution is 2.15. The van der Waals surface area contributed by atoms with Crippen LogP contribution in [0.1, 0.15) is 13.8 Å². The van der Waals surface area contributed by atoms with Gasteiger partial charge in [0.1, 0.15) is 0 Å². The van der Waals surface area contributed by atoms with E-state index in [0.29, 0.717) is 13.1 Å². The van der Waals surface area contributed by atoms with Gasteiger partial charge in [0.05, 0.1) is 5.92 Å². The van der Waals surface area contributed by atoms with Crippen LogP contribution in [0.3, 0.4) is 0 Å². The average Bonchev–Trinajstić information content (AvgIpc) is 1.79. The number of likely N-dealkylation sites (tertiary alicyclic amines) is 1. The van der Waals surface area contributed by atoms with Crippen molar-refractivity contribution in [1.82, 2.24) is 10.2 Å². The highest BCUT2D eigenvalue weighted by atomic mass is 16.4. The molecule has 0 saturated carbocycles. The van der Waals surface area contributed by atoms with Crippen molar-refractivity contribution in [3.8, 4) is 0 Å². The molecule has 1 fully saturated rings. The third-order valence-electron chi connectivity index (χ3n) is 1.93. The van der Waals surface area contributed by atoms with Crippen LogP contribution in [0.4, 0.5) is 4.79 Å². The lowest BCUT2D eigenvalue weighted by molar-refractivity contribution is -0.146. The molecule has 1 rings (SSSR count). The number of carbonyl (C=O) groups is 2. The Bertz CT molecular complexity index is 221. The van der Waals surface area contributed by atoms with E-state index >= 15 is 0 Å². The zero-order valence-electron chi connectivity index (χ0n) is 7.78. The quantitative estimate of drug-likeness (QED) is 0.643. The molecule has 0 aliphatic carbocycles. The summed E-state index contributed by atoms with van der Waals surface area (Å²) in [5, 5.41) is 11.3. The Morgan fingerprint density at radius 1 is 1.46 bits per heavy atom. The Hall–Kier alpha value is -1.26. The van der Waals surface area contributed by atoms with Crippen molar-refractivity contribution in [1.29, 1.82) is 0 Å². The van der Waals surface area contributed by atoms with Crippen molar-refractivity contribution in [3.63, 3.8) is 0 Å². The fraction of sp³-hybridized carbons (Fsp3) is 0.750. The van der Waals surface area contributed by atoms with Crippen LogP contribution < -0.4 is 5.32 Å². The van der Waals surface area contributed by atoms with Gasteiger partial charge >= 0.3 is 12.0 Å². The van der Waals surface area contributed by atoms with Gasteiger partial charge in [-0.05, 0) is 13.8 Å². The molecule has 2 N–H and O–H groups in total. The zero-order valence-corrected chi connectivity index (χ0v) is 7.78. The molecular weight excluding hydrogens is 172 g/mol. The molecule has 2 amide bonds. The van der Waals surface area contributed by atoms with Gasteiger partial charge in [-0.3, -0.25) is 4.79 Å². The van der Waals surface area contributed by atoms with E-state index in [1.54, 1.807) is 0 Å². The number of amides is 2. The molecule has 1 saturated heterocycles. The van der Waals surface area contributed by atoms with Crippen LogP contribution in [-0.4, -0.2) is 41.1 Å². The summed E-state index contributed by atoms with van der Waals surface area (Å²) in [5.41, 5.74) is 0. The second-order valence-electron chi connectivity index (χ2n) is 3.54. The summed E-state index contributed by atoms with van der Waals surface area (Å²) in [5.74, 6) is -1.20. The maximum atomic E-state index is 11.2. The maximum absolute atomic E-state index is 11.2. The summed E-state index contributed by atoms with van der Waals surface area (Å²) in [6, 6.07) is -0.0797. The smallest absolute Gasteiger partial charge is 0.317 e. The van der Waals surface area contributed by atoms with Gasteiger partial charge in [-0.1, -0.05) is 0 Å². The molecule has 1 aliphatic rings. The van der Waals surface area contributed by atoms with Crippen LogP contribution in [0.15, 0.2) is 0 Å². The largest absolute Gasteiger partial charge is 0.481 e. The molecule has 0 aromatic heterocycles. The average molecular weight is 186 g/mol. The van der Waals surface area contributed by atoms with Gasteiger partial charge in [0.25, 0.3) is 0 Å². The highest BCUT2D eigenvalue weighted by molar-refractivity contribution is 5.79. The van der Waals surface area contributed by atoms with Gasteiger partial charge in [0.2, 0.25) is 0 Å². The molecule has 0 radical (unpaired) electrons. The minimum absolute atomic E-state index is 0.0939. The molecule has 1 heterocycles. The van der Waals surface area contributed by atoms with Crippen molar-refractivity contribution < 1.29 is 14.7 Å². The molecule has 0 atom stereocenters. The van der Waals surface area contributed by atoms with Crippen molar-refractivity contribution in [2.24, 2.45) is 5.92 Å². The molecule has 5 heteroatoms. The number of hydrogen-bond acceptors (Lipinski definition) is 2. The van der Waals surface area contributed by atoms with Crippen molar-refractivity contribution in [2.75, 3.05) is 13.1 Å². The third kappa shape index (κ3) is 2.34. The first-order valence-corrected chi connectivity index (χ1v) is 4.29. The molecule has 1 aliphatic heterocycles. The summed E-state index contributed by atoms with van der Waals surface area (Å²) in [7, 11) is 0. The van der Waals surface area contributed by atoms with Crippen LogP contribution in [0.2, 0.25) is 0 Å². The molecule has 0 unspecified atom stereocenters.